The van der Waals surface area contributed by atoms with E-state index in [1.165, 1.54) is 19.3 Å². The molecule has 14 heavy (non-hydrogen) atoms. The maximum atomic E-state index is 4.20. The number of halogens is 1. The summed E-state index contributed by atoms with van der Waals surface area (Å²) in [6.45, 7) is 2.24. The van der Waals surface area contributed by atoms with Gasteiger partial charge in [0.2, 0.25) is 0 Å². The van der Waals surface area contributed by atoms with E-state index in [4.69, 9.17) is 0 Å². The summed E-state index contributed by atoms with van der Waals surface area (Å²) in [6.07, 6.45) is 5.74. The van der Waals surface area contributed by atoms with E-state index in [0.29, 0.717) is 6.04 Å². The highest BCUT2D eigenvalue weighted by Crippen LogP contribution is 2.36. The standard InChI is InChI=1S/C11H15BrN2/c1-2-9(8-5-6-8)14-10-4-3-7-13-11(10)12/h3-4,7-9,14H,2,5-6H2,1H3. The Labute approximate surface area is 93.3 Å². The van der Waals surface area contributed by atoms with Crippen LogP contribution in [0.25, 0.3) is 0 Å². The minimum Gasteiger partial charge on any atom is -0.380 e. The molecule has 0 spiro atoms. The lowest BCUT2D eigenvalue weighted by Crippen LogP contribution is -2.20. The highest BCUT2D eigenvalue weighted by Gasteiger charge is 2.30. The van der Waals surface area contributed by atoms with Crippen LogP contribution in [-0.2, 0) is 0 Å². The second kappa shape index (κ2) is 4.30. The Morgan fingerprint density at radius 3 is 3.00 bits per heavy atom. The Kier molecular flexibility index (Phi) is 3.06. The number of nitrogens with zero attached hydrogens (tertiary/aromatic N) is 1. The normalized spacial score (nSPS) is 17.9. The zero-order chi connectivity index (χ0) is 9.97. The van der Waals surface area contributed by atoms with E-state index >= 15 is 0 Å². The molecule has 1 aliphatic carbocycles. The van der Waals surface area contributed by atoms with Gasteiger partial charge < -0.3 is 5.32 Å². The van der Waals surface area contributed by atoms with Crippen LogP contribution in [0.5, 0.6) is 0 Å². The lowest BCUT2D eigenvalue weighted by Gasteiger charge is -2.17. The molecule has 1 aromatic rings. The number of anilines is 1. The van der Waals surface area contributed by atoms with E-state index in [2.05, 4.69) is 39.2 Å². The molecule has 2 nitrogen and oxygen atoms in total. The van der Waals surface area contributed by atoms with Crippen LogP contribution >= 0.6 is 15.9 Å². The van der Waals surface area contributed by atoms with E-state index in [1.54, 1.807) is 6.20 Å². The predicted octanol–water partition coefficient (Wildman–Crippen LogP) is 3.44. The molecule has 0 aromatic carbocycles. The molecule has 76 valence electrons. The summed E-state index contributed by atoms with van der Waals surface area (Å²) in [4.78, 5) is 4.20. The third kappa shape index (κ3) is 2.27. The first-order valence-electron chi connectivity index (χ1n) is 5.18. The molecular weight excluding hydrogens is 240 g/mol. The fraction of sp³-hybridized carbons (Fsp3) is 0.545. The topological polar surface area (TPSA) is 24.9 Å². The second-order valence-electron chi connectivity index (χ2n) is 3.84. The van der Waals surface area contributed by atoms with Gasteiger partial charge in [0.05, 0.1) is 5.69 Å². The summed E-state index contributed by atoms with van der Waals surface area (Å²) in [5, 5.41) is 3.55. The summed E-state index contributed by atoms with van der Waals surface area (Å²) in [5.74, 6) is 0.882. The molecule has 1 atom stereocenters. The van der Waals surface area contributed by atoms with Crippen LogP contribution in [0.4, 0.5) is 5.69 Å². The molecule has 1 fully saturated rings. The van der Waals surface area contributed by atoms with Crippen molar-refractivity contribution >= 4 is 21.6 Å². The van der Waals surface area contributed by atoms with Crippen molar-refractivity contribution in [3.05, 3.63) is 22.9 Å². The number of pyridine rings is 1. The van der Waals surface area contributed by atoms with Gasteiger partial charge in [-0.2, -0.15) is 0 Å². The van der Waals surface area contributed by atoms with Gasteiger partial charge in [0.15, 0.2) is 0 Å². The molecule has 0 amide bonds. The van der Waals surface area contributed by atoms with Gasteiger partial charge in [0.1, 0.15) is 4.60 Å². The predicted molar refractivity (Wildman–Crippen MR) is 62.4 cm³/mol. The van der Waals surface area contributed by atoms with Crippen LogP contribution < -0.4 is 5.32 Å². The van der Waals surface area contributed by atoms with E-state index < -0.39 is 0 Å². The van der Waals surface area contributed by atoms with Crippen LogP contribution in [0.2, 0.25) is 0 Å². The first-order chi connectivity index (χ1) is 6.81. The second-order valence-corrected chi connectivity index (χ2v) is 4.59. The van der Waals surface area contributed by atoms with Gasteiger partial charge in [-0.15, -0.1) is 0 Å². The molecular formula is C11H15BrN2. The van der Waals surface area contributed by atoms with Crippen molar-refractivity contribution in [1.82, 2.24) is 4.98 Å². The Morgan fingerprint density at radius 2 is 2.43 bits per heavy atom. The smallest absolute Gasteiger partial charge is 0.129 e. The number of hydrogen-bond acceptors (Lipinski definition) is 2. The summed E-state index contributed by atoms with van der Waals surface area (Å²) < 4.78 is 0.916. The number of aromatic nitrogens is 1. The largest absolute Gasteiger partial charge is 0.380 e. The quantitative estimate of drug-likeness (QED) is 0.833. The van der Waals surface area contributed by atoms with Crippen LogP contribution in [0.1, 0.15) is 26.2 Å². The van der Waals surface area contributed by atoms with Crippen molar-refractivity contribution in [2.24, 2.45) is 5.92 Å². The Balaban J connectivity index is 2.04. The molecule has 1 N–H and O–H groups in total. The number of nitrogens with one attached hydrogen (secondary N) is 1. The fourth-order valence-electron chi connectivity index (χ4n) is 1.75. The lowest BCUT2D eigenvalue weighted by molar-refractivity contribution is 0.616. The zero-order valence-corrected chi connectivity index (χ0v) is 9.92. The molecule has 0 aliphatic heterocycles. The van der Waals surface area contributed by atoms with Crippen molar-refractivity contribution in [2.75, 3.05) is 5.32 Å². The third-order valence-corrected chi connectivity index (χ3v) is 3.36. The zero-order valence-electron chi connectivity index (χ0n) is 8.33. The molecule has 1 aromatic heterocycles. The van der Waals surface area contributed by atoms with Gasteiger partial charge in [-0.1, -0.05) is 6.92 Å². The highest BCUT2D eigenvalue weighted by molar-refractivity contribution is 9.10. The SMILES string of the molecule is CCC(Nc1cccnc1Br)C1CC1. The van der Waals surface area contributed by atoms with E-state index in [1.807, 2.05) is 6.07 Å². The van der Waals surface area contributed by atoms with E-state index in [-0.39, 0.29) is 0 Å². The molecule has 2 rings (SSSR count). The molecule has 1 saturated carbocycles. The van der Waals surface area contributed by atoms with Crippen LogP contribution in [-0.4, -0.2) is 11.0 Å². The highest BCUT2D eigenvalue weighted by atomic mass is 79.9. The molecule has 1 aliphatic rings. The van der Waals surface area contributed by atoms with Crippen LogP contribution in [0.15, 0.2) is 22.9 Å². The Morgan fingerprint density at radius 1 is 1.64 bits per heavy atom. The summed E-state index contributed by atoms with van der Waals surface area (Å²) in [7, 11) is 0. The van der Waals surface area contributed by atoms with Gasteiger partial charge >= 0.3 is 0 Å². The number of rotatable bonds is 4. The minimum absolute atomic E-state index is 0.621. The first-order valence-corrected chi connectivity index (χ1v) is 5.97. The van der Waals surface area contributed by atoms with Gasteiger partial charge in [-0.3, -0.25) is 0 Å². The fourth-order valence-corrected chi connectivity index (χ4v) is 2.11. The van der Waals surface area contributed by atoms with Gasteiger partial charge in [0.25, 0.3) is 0 Å². The van der Waals surface area contributed by atoms with Gasteiger partial charge in [0, 0.05) is 12.2 Å². The monoisotopic (exact) mass is 254 g/mol. The van der Waals surface area contributed by atoms with Crippen molar-refractivity contribution < 1.29 is 0 Å². The van der Waals surface area contributed by atoms with Crippen molar-refractivity contribution in [1.29, 1.82) is 0 Å². The Hall–Kier alpha value is -0.570. The van der Waals surface area contributed by atoms with Gasteiger partial charge in [-0.05, 0) is 53.2 Å². The average molecular weight is 255 g/mol. The van der Waals surface area contributed by atoms with E-state index in [0.717, 1.165) is 16.2 Å². The van der Waals surface area contributed by atoms with Crippen molar-refractivity contribution in [3.8, 4) is 0 Å². The van der Waals surface area contributed by atoms with Gasteiger partial charge in [-0.25, -0.2) is 4.98 Å². The maximum Gasteiger partial charge on any atom is 0.129 e. The number of hydrogen-bond donors (Lipinski definition) is 1. The summed E-state index contributed by atoms with van der Waals surface area (Å²) in [6, 6.07) is 4.66. The average Bonchev–Trinajstić information content (AvgIpc) is 3.00. The third-order valence-electron chi connectivity index (χ3n) is 2.73. The minimum atomic E-state index is 0.621. The molecule has 0 bridgehead atoms. The van der Waals surface area contributed by atoms with Crippen LogP contribution in [0.3, 0.4) is 0 Å². The molecule has 1 unspecified atom stereocenters. The van der Waals surface area contributed by atoms with Crippen molar-refractivity contribution in [2.45, 2.75) is 32.2 Å². The van der Waals surface area contributed by atoms with Crippen molar-refractivity contribution in [3.63, 3.8) is 0 Å². The molecule has 3 heteroatoms. The van der Waals surface area contributed by atoms with Crippen LogP contribution in [0, 0.1) is 5.92 Å². The maximum absolute atomic E-state index is 4.20. The molecule has 0 radical (unpaired) electrons. The summed E-state index contributed by atoms with van der Waals surface area (Å²) >= 11 is 3.45. The summed E-state index contributed by atoms with van der Waals surface area (Å²) in [5.41, 5.74) is 1.12. The molecule has 1 heterocycles. The van der Waals surface area contributed by atoms with E-state index in [9.17, 15) is 0 Å². The first kappa shape index (κ1) is 9.97. The molecule has 0 saturated heterocycles. The Bertz CT molecular complexity index is 310. The lowest BCUT2D eigenvalue weighted by atomic mass is 10.1.